The van der Waals surface area contributed by atoms with Crippen LogP contribution in [0.1, 0.15) is 12.8 Å². The van der Waals surface area contributed by atoms with E-state index in [1.807, 2.05) is 4.90 Å². The molecule has 2 rings (SSSR count). The highest BCUT2D eigenvalue weighted by Gasteiger charge is 2.19. The highest BCUT2D eigenvalue weighted by molar-refractivity contribution is 6.31. The third-order valence-electron chi connectivity index (χ3n) is 3.14. The van der Waals surface area contributed by atoms with Crippen LogP contribution in [0.15, 0.2) is 18.2 Å². The number of nitrogen functional groups attached to an aromatic ring is 1. The molecule has 0 radical (unpaired) electrons. The zero-order valence-corrected chi connectivity index (χ0v) is 11.4. The fourth-order valence-corrected chi connectivity index (χ4v) is 2.38. The lowest BCUT2D eigenvalue weighted by molar-refractivity contribution is -0.118. The molecule has 5 nitrogen and oxygen atoms in total. The highest BCUT2D eigenvalue weighted by Crippen LogP contribution is 2.22. The predicted molar refractivity (Wildman–Crippen MR) is 76.2 cm³/mol. The molecular formula is C13H18ClN3O2. The summed E-state index contributed by atoms with van der Waals surface area (Å²) in [4.78, 5) is 13.9. The molecule has 1 aliphatic heterocycles. The first-order chi connectivity index (χ1) is 9.04. The minimum Gasteiger partial charge on any atom is -0.397 e. The number of aliphatic hydroxyl groups excluding tert-OH is 1. The van der Waals surface area contributed by atoms with Gasteiger partial charge in [-0.2, -0.15) is 0 Å². The van der Waals surface area contributed by atoms with Crippen LogP contribution in [0.4, 0.5) is 11.4 Å². The van der Waals surface area contributed by atoms with Gasteiger partial charge in [-0.15, -0.1) is 0 Å². The van der Waals surface area contributed by atoms with Gasteiger partial charge in [-0.3, -0.25) is 9.69 Å². The summed E-state index contributed by atoms with van der Waals surface area (Å²) < 4.78 is 0. The van der Waals surface area contributed by atoms with Gasteiger partial charge in [0.1, 0.15) is 0 Å². The van der Waals surface area contributed by atoms with Crippen molar-refractivity contribution >= 4 is 28.9 Å². The zero-order chi connectivity index (χ0) is 13.8. The largest absolute Gasteiger partial charge is 0.397 e. The molecule has 1 unspecified atom stereocenters. The van der Waals surface area contributed by atoms with Crippen molar-refractivity contribution in [2.75, 3.05) is 30.7 Å². The van der Waals surface area contributed by atoms with Gasteiger partial charge >= 0.3 is 0 Å². The number of nitrogens with two attached hydrogens (primary N) is 1. The number of benzene rings is 1. The van der Waals surface area contributed by atoms with Gasteiger partial charge in [0.25, 0.3) is 0 Å². The smallest absolute Gasteiger partial charge is 0.238 e. The van der Waals surface area contributed by atoms with Gasteiger partial charge in [0.2, 0.25) is 5.91 Å². The first-order valence-electron chi connectivity index (χ1n) is 6.30. The SMILES string of the molecule is Nc1ccc(Cl)cc1NC(=O)CN1CCCC(O)C1. The third-order valence-corrected chi connectivity index (χ3v) is 3.37. The Kier molecular flexibility index (Phi) is 4.63. The standard InChI is InChI=1S/C13H18ClN3O2/c14-9-3-4-11(15)12(6-9)16-13(19)8-17-5-1-2-10(18)7-17/h3-4,6,10,18H,1-2,5,7-8,15H2,(H,16,19). The van der Waals surface area contributed by atoms with Gasteiger partial charge in [-0.25, -0.2) is 0 Å². The molecule has 0 aromatic heterocycles. The number of piperidine rings is 1. The monoisotopic (exact) mass is 283 g/mol. The average Bonchev–Trinajstić information content (AvgIpc) is 2.34. The number of hydrogen-bond acceptors (Lipinski definition) is 4. The summed E-state index contributed by atoms with van der Waals surface area (Å²) in [5.41, 5.74) is 6.77. The second-order valence-electron chi connectivity index (χ2n) is 4.81. The Balaban J connectivity index is 1.92. The predicted octanol–water partition coefficient (Wildman–Crippen LogP) is 1.32. The van der Waals surface area contributed by atoms with E-state index in [9.17, 15) is 9.90 Å². The number of hydrogen-bond donors (Lipinski definition) is 3. The lowest BCUT2D eigenvalue weighted by atomic mass is 10.1. The van der Waals surface area contributed by atoms with Crippen LogP contribution in [0.2, 0.25) is 5.02 Å². The van der Waals surface area contributed by atoms with E-state index in [-0.39, 0.29) is 18.6 Å². The normalized spacial score (nSPS) is 20.2. The number of nitrogens with one attached hydrogen (secondary N) is 1. The van der Waals surface area contributed by atoms with E-state index in [1.165, 1.54) is 0 Å². The zero-order valence-electron chi connectivity index (χ0n) is 10.6. The Bertz CT molecular complexity index is 467. The average molecular weight is 284 g/mol. The number of carbonyl (C=O) groups is 1. The summed E-state index contributed by atoms with van der Waals surface area (Å²) in [6.45, 7) is 1.62. The van der Waals surface area contributed by atoms with Gasteiger partial charge in [0.05, 0.1) is 24.0 Å². The molecule has 1 saturated heterocycles. The highest BCUT2D eigenvalue weighted by atomic mass is 35.5. The van der Waals surface area contributed by atoms with Crippen LogP contribution in [0.5, 0.6) is 0 Å². The summed E-state index contributed by atoms with van der Waals surface area (Å²) in [6.07, 6.45) is 1.38. The summed E-state index contributed by atoms with van der Waals surface area (Å²) >= 11 is 5.86. The first kappa shape index (κ1) is 14.1. The molecule has 1 aliphatic rings. The van der Waals surface area contributed by atoms with Crippen molar-refractivity contribution in [1.82, 2.24) is 4.90 Å². The maximum absolute atomic E-state index is 11.9. The van der Waals surface area contributed by atoms with Gasteiger partial charge < -0.3 is 16.2 Å². The molecule has 1 amide bonds. The van der Waals surface area contributed by atoms with E-state index in [0.717, 1.165) is 19.4 Å². The van der Waals surface area contributed by atoms with Gasteiger partial charge in [-0.05, 0) is 37.6 Å². The number of likely N-dealkylation sites (tertiary alicyclic amines) is 1. The summed E-state index contributed by atoms with van der Waals surface area (Å²) in [6, 6.07) is 4.95. The maximum Gasteiger partial charge on any atom is 0.238 e. The van der Waals surface area contributed by atoms with Crippen LogP contribution in [0.3, 0.4) is 0 Å². The van der Waals surface area contributed by atoms with Crippen LogP contribution < -0.4 is 11.1 Å². The van der Waals surface area contributed by atoms with Gasteiger partial charge in [0, 0.05) is 11.6 Å². The number of anilines is 2. The topological polar surface area (TPSA) is 78.6 Å². The molecule has 0 bridgehead atoms. The van der Waals surface area contributed by atoms with Crippen LogP contribution in [-0.4, -0.2) is 41.7 Å². The molecule has 0 saturated carbocycles. The Morgan fingerprint density at radius 2 is 2.37 bits per heavy atom. The number of nitrogens with zero attached hydrogens (tertiary/aromatic N) is 1. The summed E-state index contributed by atoms with van der Waals surface area (Å²) in [5, 5.41) is 12.8. The molecule has 1 heterocycles. The molecule has 104 valence electrons. The van der Waals surface area contributed by atoms with Crippen LogP contribution in [-0.2, 0) is 4.79 Å². The van der Waals surface area contributed by atoms with E-state index in [0.29, 0.717) is 22.9 Å². The van der Waals surface area contributed by atoms with Crippen molar-refractivity contribution in [2.24, 2.45) is 0 Å². The second kappa shape index (κ2) is 6.23. The summed E-state index contributed by atoms with van der Waals surface area (Å²) in [7, 11) is 0. The number of halogens is 1. The number of rotatable bonds is 3. The van der Waals surface area contributed by atoms with Crippen molar-refractivity contribution in [3.63, 3.8) is 0 Å². The number of carbonyl (C=O) groups excluding carboxylic acids is 1. The van der Waals surface area contributed by atoms with Crippen molar-refractivity contribution in [1.29, 1.82) is 0 Å². The van der Waals surface area contributed by atoms with E-state index < -0.39 is 0 Å². The Hall–Kier alpha value is -1.30. The van der Waals surface area contributed by atoms with Crippen molar-refractivity contribution in [3.05, 3.63) is 23.2 Å². The van der Waals surface area contributed by atoms with Crippen LogP contribution in [0, 0.1) is 0 Å². The minimum atomic E-state index is -0.335. The van der Waals surface area contributed by atoms with Crippen molar-refractivity contribution < 1.29 is 9.90 Å². The van der Waals surface area contributed by atoms with Gasteiger partial charge in [0.15, 0.2) is 0 Å². The lowest BCUT2D eigenvalue weighted by Gasteiger charge is -2.29. The van der Waals surface area contributed by atoms with Crippen molar-refractivity contribution in [2.45, 2.75) is 18.9 Å². The first-order valence-corrected chi connectivity index (χ1v) is 6.67. The molecule has 0 spiro atoms. The molecule has 4 N–H and O–H groups in total. The fourth-order valence-electron chi connectivity index (χ4n) is 2.20. The number of β-amino-alcohol motifs (C(OH)–C–C–N with tert-alkyl or cyclic N) is 1. The quantitative estimate of drug-likeness (QED) is 0.731. The molecular weight excluding hydrogens is 266 g/mol. The number of aliphatic hydroxyl groups is 1. The molecule has 1 aromatic rings. The van der Waals surface area contributed by atoms with Crippen LogP contribution in [0.25, 0.3) is 0 Å². The Morgan fingerprint density at radius 3 is 3.11 bits per heavy atom. The summed E-state index contributed by atoms with van der Waals surface area (Å²) in [5.74, 6) is -0.150. The molecule has 0 aliphatic carbocycles. The molecule has 6 heteroatoms. The molecule has 1 fully saturated rings. The van der Waals surface area contributed by atoms with Crippen molar-refractivity contribution in [3.8, 4) is 0 Å². The van der Waals surface area contributed by atoms with E-state index in [2.05, 4.69) is 5.32 Å². The second-order valence-corrected chi connectivity index (χ2v) is 5.25. The minimum absolute atomic E-state index is 0.150. The Morgan fingerprint density at radius 1 is 1.58 bits per heavy atom. The van der Waals surface area contributed by atoms with E-state index in [1.54, 1.807) is 18.2 Å². The molecule has 19 heavy (non-hydrogen) atoms. The van der Waals surface area contributed by atoms with E-state index in [4.69, 9.17) is 17.3 Å². The number of amides is 1. The molecule has 1 aromatic carbocycles. The lowest BCUT2D eigenvalue weighted by Crippen LogP contribution is -2.42. The maximum atomic E-state index is 11.9. The fraction of sp³-hybridized carbons (Fsp3) is 0.462. The van der Waals surface area contributed by atoms with Crippen LogP contribution >= 0.6 is 11.6 Å². The third kappa shape index (κ3) is 4.09. The van der Waals surface area contributed by atoms with E-state index >= 15 is 0 Å². The molecule has 1 atom stereocenters. The van der Waals surface area contributed by atoms with Gasteiger partial charge in [-0.1, -0.05) is 11.6 Å². The Labute approximate surface area is 117 Å².